The molecule has 0 saturated heterocycles. The SMILES string of the molecule is O=C(O)CO.O=CCO. The zero-order valence-electron chi connectivity index (χ0n) is 4.65. The third kappa shape index (κ3) is 42.6. The van der Waals surface area contributed by atoms with Crippen molar-refractivity contribution in [2.75, 3.05) is 13.2 Å². The number of aldehydes is 1. The summed E-state index contributed by atoms with van der Waals surface area (Å²) >= 11 is 0. The summed E-state index contributed by atoms with van der Waals surface area (Å²) < 4.78 is 0. The predicted molar refractivity (Wildman–Crippen MR) is 27.9 cm³/mol. The van der Waals surface area contributed by atoms with E-state index >= 15 is 0 Å². The fourth-order valence-electron chi connectivity index (χ4n) is 0. The number of rotatable bonds is 2. The monoisotopic (exact) mass is 136 g/mol. The van der Waals surface area contributed by atoms with Gasteiger partial charge < -0.3 is 20.1 Å². The van der Waals surface area contributed by atoms with E-state index in [0.717, 1.165) is 0 Å². The molecule has 0 spiro atoms. The molecular formula is C4H8O5. The van der Waals surface area contributed by atoms with Crippen LogP contribution in [0.15, 0.2) is 0 Å². The number of carbonyl (C=O) groups is 2. The highest BCUT2D eigenvalue weighted by molar-refractivity contribution is 5.67. The minimum Gasteiger partial charge on any atom is -0.480 e. The predicted octanol–water partition coefficient (Wildman–Crippen LogP) is -1.76. The van der Waals surface area contributed by atoms with Crippen LogP contribution in [0.5, 0.6) is 0 Å². The van der Waals surface area contributed by atoms with Crippen molar-refractivity contribution >= 4 is 12.3 Å². The number of carboxylic acid groups (broad SMARTS) is 1. The maximum atomic E-state index is 9.12. The molecule has 0 rings (SSSR count). The van der Waals surface area contributed by atoms with E-state index in [4.69, 9.17) is 24.9 Å². The Kier molecular flexibility index (Phi) is 12.3. The lowest BCUT2D eigenvalue weighted by atomic mass is 10.8. The van der Waals surface area contributed by atoms with Crippen LogP contribution < -0.4 is 0 Å². The average molecular weight is 136 g/mol. The van der Waals surface area contributed by atoms with Crippen molar-refractivity contribution in [1.29, 1.82) is 0 Å². The van der Waals surface area contributed by atoms with Crippen LogP contribution >= 0.6 is 0 Å². The first-order valence-corrected chi connectivity index (χ1v) is 2.06. The molecule has 5 heteroatoms. The van der Waals surface area contributed by atoms with Crippen molar-refractivity contribution in [1.82, 2.24) is 0 Å². The summed E-state index contributed by atoms with van der Waals surface area (Å²) in [6.07, 6.45) is 0.431. The van der Waals surface area contributed by atoms with Crippen LogP contribution in [0, 0.1) is 0 Å². The Bertz CT molecular complexity index is 79.0. The third-order valence-electron chi connectivity index (χ3n) is 0.210. The number of carbonyl (C=O) groups excluding carboxylic acids is 1. The van der Waals surface area contributed by atoms with Crippen molar-refractivity contribution in [2.45, 2.75) is 0 Å². The van der Waals surface area contributed by atoms with Gasteiger partial charge >= 0.3 is 5.97 Å². The van der Waals surface area contributed by atoms with Crippen molar-refractivity contribution in [2.24, 2.45) is 0 Å². The van der Waals surface area contributed by atoms with Crippen molar-refractivity contribution in [3.63, 3.8) is 0 Å². The highest BCUT2D eigenvalue weighted by Crippen LogP contribution is 1.48. The fraction of sp³-hybridized carbons (Fsp3) is 0.500. The number of aliphatic hydroxyl groups is 2. The molecule has 0 atom stereocenters. The van der Waals surface area contributed by atoms with Gasteiger partial charge in [0, 0.05) is 0 Å². The molecule has 54 valence electrons. The van der Waals surface area contributed by atoms with Gasteiger partial charge in [-0.15, -0.1) is 0 Å². The Hall–Kier alpha value is -0.940. The molecule has 0 aromatic heterocycles. The van der Waals surface area contributed by atoms with Crippen molar-refractivity contribution in [3.05, 3.63) is 0 Å². The number of aliphatic hydroxyl groups excluding tert-OH is 2. The summed E-state index contributed by atoms with van der Waals surface area (Å²) in [4.78, 5) is 18.0. The maximum absolute atomic E-state index is 9.12. The van der Waals surface area contributed by atoms with E-state index in [2.05, 4.69) is 0 Å². The lowest BCUT2D eigenvalue weighted by Crippen LogP contribution is -1.98. The molecule has 9 heavy (non-hydrogen) atoms. The van der Waals surface area contributed by atoms with Crippen LogP contribution in [-0.2, 0) is 9.59 Å². The van der Waals surface area contributed by atoms with Gasteiger partial charge in [-0.3, -0.25) is 0 Å². The highest BCUT2D eigenvalue weighted by atomic mass is 16.4. The van der Waals surface area contributed by atoms with Gasteiger partial charge in [0.15, 0.2) is 0 Å². The van der Waals surface area contributed by atoms with E-state index in [1.165, 1.54) is 0 Å². The van der Waals surface area contributed by atoms with E-state index in [-0.39, 0.29) is 6.61 Å². The normalized spacial score (nSPS) is 6.89. The van der Waals surface area contributed by atoms with Crippen LogP contribution in [-0.4, -0.2) is 40.8 Å². The minimum absolute atomic E-state index is 0.361. The van der Waals surface area contributed by atoms with Crippen LogP contribution in [0.3, 0.4) is 0 Å². The first-order chi connectivity index (χ1) is 4.18. The molecule has 0 saturated carbocycles. The van der Waals surface area contributed by atoms with Crippen molar-refractivity contribution in [3.8, 4) is 0 Å². The highest BCUT2D eigenvalue weighted by Gasteiger charge is 1.82. The first kappa shape index (κ1) is 10.9. The molecule has 0 aromatic carbocycles. The summed E-state index contributed by atoms with van der Waals surface area (Å²) in [5.74, 6) is -1.19. The summed E-state index contributed by atoms with van der Waals surface area (Å²) in [5.41, 5.74) is 0. The summed E-state index contributed by atoms with van der Waals surface area (Å²) in [7, 11) is 0. The molecule has 0 aromatic rings. The first-order valence-electron chi connectivity index (χ1n) is 2.06. The molecule has 0 fully saturated rings. The molecule has 0 aliphatic carbocycles. The number of hydrogen-bond acceptors (Lipinski definition) is 4. The minimum atomic E-state index is -1.19. The summed E-state index contributed by atoms with van der Waals surface area (Å²) in [6.45, 7) is -1.14. The standard InChI is InChI=1S/C2H4O3.C2H4O2/c3-1-2(4)5;3-1-2-4/h3H,1H2,(H,4,5);1,4H,2H2. The fourth-order valence-corrected chi connectivity index (χ4v) is 0. The van der Waals surface area contributed by atoms with Crippen LogP contribution in [0.25, 0.3) is 0 Å². The molecular weight excluding hydrogens is 128 g/mol. The second kappa shape index (κ2) is 10.1. The smallest absolute Gasteiger partial charge is 0.329 e. The second-order valence-electron chi connectivity index (χ2n) is 0.901. The molecule has 0 amide bonds. The molecule has 0 heterocycles. The Balaban J connectivity index is 0. The molecule has 0 unspecified atom stereocenters. The van der Waals surface area contributed by atoms with Crippen LogP contribution in [0.1, 0.15) is 0 Å². The van der Waals surface area contributed by atoms with E-state index in [1.807, 2.05) is 0 Å². The van der Waals surface area contributed by atoms with Crippen LogP contribution in [0.4, 0.5) is 0 Å². The van der Waals surface area contributed by atoms with Gasteiger partial charge in [-0.25, -0.2) is 4.79 Å². The lowest BCUT2D eigenvalue weighted by molar-refractivity contribution is -0.140. The van der Waals surface area contributed by atoms with E-state index < -0.39 is 12.6 Å². The molecule has 5 nitrogen and oxygen atoms in total. The van der Waals surface area contributed by atoms with E-state index in [1.54, 1.807) is 0 Å². The quantitative estimate of drug-likeness (QED) is 0.391. The Labute approximate surface area is 51.5 Å². The summed E-state index contributed by atoms with van der Waals surface area (Å²) in [6, 6.07) is 0. The van der Waals surface area contributed by atoms with Gasteiger partial charge in [0.1, 0.15) is 12.9 Å². The van der Waals surface area contributed by atoms with Gasteiger partial charge in [0.05, 0.1) is 6.61 Å². The molecule has 3 N–H and O–H groups in total. The van der Waals surface area contributed by atoms with Gasteiger partial charge in [0.2, 0.25) is 0 Å². The zero-order chi connectivity index (χ0) is 7.70. The Morgan fingerprint density at radius 3 is 1.67 bits per heavy atom. The van der Waals surface area contributed by atoms with Gasteiger partial charge in [-0.1, -0.05) is 0 Å². The van der Waals surface area contributed by atoms with Gasteiger partial charge in [-0.2, -0.15) is 0 Å². The van der Waals surface area contributed by atoms with E-state index in [9.17, 15) is 0 Å². The molecule has 0 radical (unpaired) electrons. The molecule has 0 aliphatic rings. The number of carboxylic acids is 1. The average Bonchev–Trinajstić information content (AvgIpc) is 1.89. The van der Waals surface area contributed by atoms with Gasteiger partial charge in [0.25, 0.3) is 0 Å². The van der Waals surface area contributed by atoms with Gasteiger partial charge in [-0.05, 0) is 0 Å². The summed E-state index contributed by atoms with van der Waals surface area (Å²) in [5, 5.41) is 22.5. The third-order valence-corrected chi connectivity index (χ3v) is 0.210. The van der Waals surface area contributed by atoms with E-state index in [0.29, 0.717) is 6.29 Å². The van der Waals surface area contributed by atoms with Crippen molar-refractivity contribution < 1.29 is 24.9 Å². The number of hydrogen-bond donors (Lipinski definition) is 3. The second-order valence-corrected chi connectivity index (χ2v) is 0.901. The lowest BCUT2D eigenvalue weighted by Gasteiger charge is -1.72. The topological polar surface area (TPSA) is 94.8 Å². The molecule has 0 aliphatic heterocycles. The largest absolute Gasteiger partial charge is 0.480 e. The Morgan fingerprint density at radius 2 is 1.67 bits per heavy atom. The Morgan fingerprint density at radius 1 is 1.44 bits per heavy atom. The van der Waals surface area contributed by atoms with Crippen LogP contribution in [0.2, 0.25) is 0 Å². The molecule has 0 bridgehead atoms. The maximum Gasteiger partial charge on any atom is 0.329 e. The number of aliphatic carboxylic acids is 1. The zero-order valence-corrected chi connectivity index (χ0v) is 4.65.